The van der Waals surface area contributed by atoms with Crippen LogP contribution in [0.5, 0.6) is 0 Å². The lowest BCUT2D eigenvalue weighted by molar-refractivity contribution is 0.172. The molecule has 0 saturated carbocycles. The van der Waals surface area contributed by atoms with E-state index in [1.165, 1.54) is 16.7 Å². The molecule has 0 radical (unpaired) electrons. The Bertz CT molecular complexity index is 769. The van der Waals surface area contributed by atoms with E-state index >= 15 is 0 Å². The van der Waals surface area contributed by atoms with Crippen LogP contribution in [0, 0.1) is 13.8 Å². The van der Waals surface area contributed by atoms with E-state index in [9.17, 15) is 0 Å². The smallest absolute Gasteiger partial charge is 0.194 e. The molecule has 2 heterocycles. The molecule has 1 aliphatic heterocycles. The van der Waals surface area contributed by atoms with Crippen LogP contribution in [0.4, 0.5) is 0 Å². The number of nitrogens with one attached hydrogen (secondary N) is 1. The fourth-order valence-electron chi connectivity index (χ4n) is 3.45. The zero-order chi connectivity index (χ0) is 19.1. The molecule has 2 aromatic rings. The van der Waals surface area contributed by atoms with Gasteiger partial charge in [-0.3, -0.25) is 9.88 Å². The zero-order valence-electron chi connectivity index (χ0n) is 17.2. The van der Waals surface area contributed by atoms with Gasteiger partial charge in [0.1, 0.15) is 0 Å². The average molecular weight is 493 g/mol. The number of aliphatic imine (C=N–C) groups is 1. The Morgan fingerprint density at radius 3 is 2.57 bits per heavy atom. The maximum Gasteiger partial charge on any atom is 0.194 e. The topological polar surface area (TPSA) is 43.8 Å². The number of nitrogens with zero attached hydrogens (tertiary/aromatic N) is 4. The molecule has 0 aliphatic carbocycles. The van der Waals surface area contributed by atoms with Gasteiger partial charge in [-0.25, -0.2) is 4.99 Å². The normalized spacial score (nSPS) is 15.2. The highest BCUT2D eigenvalue weighted by Crippen LogP contribution is 2.11. The van der Waals surface area contributed by atoms with Crippen molar-refractivity contribution in [3.8, 4) is 0 Å². The van der Waals surface area contributed by atoms with Crippen molar-refractivity contribution in [2.45, 2.75) is 33.9 Å². The predicted octanol–water partition coefficient (Wildman–Crippen LogP) is 3.60. The van der Waals surface area contributed by atoms with Crippen molar-refractivity contribution in [3.63, 3.8) is 0 Å². The van der Waals surface area contributed by atoms with Crippen molar-refractivity contribution < 1.29 is 0 Å². The van der Waals surface area contributed by atoms with E-state index in [-0.39, 0.29) is 24.0 Å². The Hall–Kier alpha value is -1.67. The molecule has 28 heavy (non-hydrogen) atoms. The lowest BCUT2D eigenvalue weighted by Gasteiger charge is -2.36. The lowest BCUT2D eigenvalue weighted by atomic mass is 10.1. The number of hydrogen-bond donors (Lipinski definition) is 1. The van der Waals surface area contributed by atoms with E-state index in [4.69, 9.17) is 4.99 Å². The predicted molar refractivity (Wildman–Crippen MR) is 127 cm³/mol. The molecule has 0 bridgehead atoms. The molecule has 0 amide bonds. The Morgan fingerprint density at radius 2 is 1.89 bits per heavy atom. The van der Waals surface area contributed by atoms with Crippen LogP contribution in [0.1, 0.15) is 29.3 Å². The van der Waals surface area contributed by atoms with E-state index in [1.54, 1.807) is 0 Å². The van der Waals surface area contributed by atoms with Gasteiger partial charge in [-0.1, -0.05) is 35.9 Å². The summed E-state index contributed by atoms with van der Waals surface area (Å²) in [7, 11) is 0. The van der Waals surface area contributed by atoms with Crippen LogP contribution in [0.3, 0.4) is 0 Å². The molecule has 6 heteroatoms. The third-order valence-corrected chi connectivity index (χ3v) is 4.99. The fraction of sp³-hybridized carbons (Fsp3) is 0.455. The van der Waals surface area contributed by atoms with Crippen LogP contribution in [-0.2, 0) is 13.1 Å². The van der Waals surface area contributed by atoms with E-state index < -0.39 is 0 Å². The molecule has 3 rings (SSSR count). The van der Waals surface area contributed by atoms with Gasteiger partial charge < -0.3 is 10.2 Å². The summed E-state index contributed by atoms with van der Waals surface area (Å²) in [6.45, 7) is 13.0. The highest BCUT2D eigenvalue weighted by molar-refractivity contribution is 14.0. The second-order valence-corrected chi connectivity index (χ2v) is 7.19. The number of rotatable bonds is 5. The molecule has 1 aromatic heterocycles. The van der Waals surface area contributed by atoms with Gasteiger partial charge in [0, 0.05) is 45.5 Å². The molecule has 1 fully saturated rings. The molecule has 0 atom stereocenters. The van der Waals surface area contributed by atoms with Crippen LogP contribution in [-0.4, -0.2) is 53.5 Å². The number of hydrogen-bond acceptors (Lipinski definition) is 3. The number of aryl methyl sites for hydroxylation is 2. The first-order chi connectivity index (χ1) is 13.2. The molecule has 1 N–H and O–H groups in total. The number of pyridine rings is 1. The zero-order valence-corrected chi connectivity index (χ0v) is 19.5. The summed E-state index contributed by atoms with van der Waals surface area (Å²) in [5.41, 5.74) is 4.97. The monoisotopic (exact) mass is 493 g/mol. The van der Waals surface area contributed by atoms with Crippen LogP contribution in [0.2, 0.25) is 0 Å². The third kappa shape index (κ3) is 6.44. The highest BCUT2D eigenvalue weighted by Gasteiger charge is 2.19. The lowest BCUT2D eigenvalue weighted by Crippen LogP contribution is -2.52. The van der Waals surface area contributed by atoms with Gasteiger partial charge in [0.2, 0.25) is 0 Å². The summed E-state index contributed by atoms with van der Waals surface area (Å²) in [5.74, 6) is 0.998. The first-order valence-corrected chi connectivity index (χ1v) is 9.87. The van der Waals surface area contributed by atoms with Crippen molar-refractivity contribution in [2.24, 2.45) is 4.99 Å². The van der Waals surface area contributed by atoms with Gasteiger partial charge in [0.25, 0.3) is 0 Å². The Balaban J connectivity index is 0.00000280. The van der Waals surface area contributed by atoms with Gasteiger partial charge in [0.05, 0.1) is 12.2 Å². The maximum atomic E-state index is 4.84. The van der Waals surface area contributed by atoms with Crippen molar-refractivity contribution in [2.75, 3.05) is 32.7 Å². The van der Waals surface area contributed by atoms with Gasteiger partial charge in [0.15, 0.2) is 5.96 Å². The Morgan fingerprint density at radius 1 is 1.11 bits per heavy atom. The minimum atomic E-state index is 0. The van der Waals surface area contributed by atoms with Crippen molar-refractivity contribution in [1.82, 2.24) is 20.1 Å². The second-order valence-electron chi connectivity index (χ2n) is 7.19. The van der Waals surface area contributed by atoms with Crippen molar-refractivity contribution in [3.05, 3.63) is 65.0 Å². The first-order valence-electron chi connectivity index (χ1n) is 9.87. The number of benzene rings is 1. The van der Waals surface area contributed by atoms with Crippen LogP contribution >= 0.6 is 24.0 Å². The van der Waals surface area contributed by atoms with Gasteiger partial charge in [-0.15, -0.1) is 24.0 Å². The van der Waals surface area contributed by atoms with E-state index in [0.717, 1.165) is 50.9 Å². The largest absolute Gasteiger partial charge is 0.357 e. The number of guanidine groups is 1. The SMILES string of the molecule is CCNC(=NCc1ncccc1C)N1CCN(Cc2cccc(C)c2)CC1.I. The molecule has 1 saturated heterocycles. The van der Waals surface area contributed by atoms with Crippen molar-refractivity contribution >= 4 is 29.9 Å². The van der Waals surface area contributed by atoms with Crippen molar-refractivity contribution in [1.29, 1.82) is 0 Å². The standard InChI is InChI=1S/C22H31N5.HI/c1-4-23-22(25-16-21-19(3)8-6-10-24-21)27-13-11-26(12-14-27)17-20-9-5-7-18(2)15-20;/h5-10,15H,4,11-14,16-17H2,1-3H3,(H,23,25);1H. The quantitative estimate of drug-likeness (QED) is 0.393. The van der Waals surface area contributed by atoms with E-state index in [0.29, 0.717) is 6.54 Å². The molecular weight excluding hydrogens is 461 g/mol. The Labute approximate surface area is 186 Å². The molecule has 0 spiro atoms. The van der Waals surface area contributed by atoms with Gasteiger partial charge >= 0.3 is 0 Å². The minimum absolute atomic E-state index is 0. The van der Waals surface area contributed by atoms with Crippen LogP contribution in [0.15, 0.2) is 47.6 Å². The minimum Gasteiger partial charge on any atom is -0.357 e. The molecule has 152 valence electrons. The van der Waals surface area contributed by atoms with E-state index in [2.05, 4.69) is 71.2 Å². The maximum absolute atomic E-state index is 4.84. The molecule has 1 aliphatic rings. The average Bonchev–Trinajstić information content (AvgIpc) is 2.67. The molecular formula is C22H32IN5. The highest BCUT2D eigenvalue weighted by atomic mass is 127. The molecule has 5 nitrogen and oxygen atoms in total. The van der Waals surface area contributed by atoms with Gasteiger partial charge in [-0.2, -0.15) is 0 Å². The number of aromatic nitrogens is 1. The van der Waals surface area contributed by atoms with Crippen LogP contribution in [0.25, 0.3) is 0 Å². The molecule has 1 aromatic carbocycles. The number of piperazine rings is 1. The summed E-state index contributed by atoms with van der Waals surface area (Å²) in [6.07, 6.45) is 1.84. The van der Waals surface area contributed by atoms with E-state index in [1.807, 2.05) is 12.3 Å². The second kappa shape index (κ2) is 11.4. The first kappa shape index (κ1) is 22.6. The molecule has 0 unspecified atom stereocenters. The summed E-state index contributed by atoms with van der Waals surface area (Å²) in [4.78, 5) is 14.2. The summed E-state index contributed by atoms with van der Waals surface area (Å²) in [6, 6.07) is 12.9. The summed E-state index contributed by atoms with van der Waals surface area (Å²) >= 11 is 0. The fourth-order valence-corrected chi connectivity index (χ4v) is 3.45. The Kier molecular flexibility index (Phi) is 9.18. The third-order valence-electron chi connectivity index (χ3n) is 4.99. The summed E-state index contributed by atoms with van der Waals surface area (Å²) in [5, 5.41) is 3.44. The number of halogens is 1. The van der Waals surface area contributed by atoms with Gasteiger partial charge in [-0.05, 0) is 38.0 Å². The summed E-state index contributed by atoms with van der Waals surface area (Å²) < 4.78 is 0. The van der Waals surface area contributed by atoms with Crippen LogP contribution < -0.4 is 5.32 Å².